The number of halogens is 1. The van der Waals surface area contributed by atoms with E-state index in [-0.39, 0.29) is 17.9 Å². The zero-order valence-corrected chi connectivity index (χ0v) is 24.0. The normalized spacial score (nSPS) is 17.0. The SMILES string of the molecule is COc1ccc2c(c1)c(CC1=NN(C3CCCCC3)C(=O)/C1=C/c1ccccc1)c(C)n2C(=O)c1ccc(Cl)cc1. The van der Waals surface area contributed by atoms with Gasteiger partial charge in [-0.15, -0.1) is 0 Å². The molecule has 1 saturated carbocycles. The van der Waals surface area contributed by atoms with Crippen molar-refractivity contribution in [3.63, 3.8) is 0 Å². The highest BCUT2D eigenvalue weighted by Gasteiger charge is 2.36. The minimum atomic E-state index is -0.145. The molecule has 3 aromatic carbocycles. The van der Waals surface area contributed by atoms with Gasteiger partial charge in [0, 0.05) is 28.1 Å². The third-order valence-electron chi connectivity index (χ3n) is 8.19. The maximum absolute atomic E-state index is 13.8. The van der Waals surface area contributed by atoms with Crippen molar-refractivity contribution in [1.82, 2.24) is 9.58 Å². The summed E-state index contributed by atoms with van der Waals surface area (Å²) in [6, 6.07) is 22.6. The van der Waals surface area contributed by atoms with Crippen LogP contribution < -0.4 is 4.74 Å². The Labute approximate surface area is 244 Å². The van der Waals surface area contributed by atoms with Crippen molar-refractivity contribution in [3.8, 4) is 5.75 Å². The van der Waals surface area contributed by atoms with Gasteiger partial charge < -0.3 is 4.74 Å². The molecule has 1 fully saturated rings. The van der Waals surface area contributed by atoms with Gasteiger partial charge in [0.15, 0.2) is 0 Å². The summed E-state index contributed by atoms with van der Waals surface area (Å²) in [7, 11) is 1.63. The molecule has 1 amide bonds. The van der Waals surface area contributed by atoms with E-state index in [9.17, 15) is 9.59 Å². The Morgan fingerprint density at radius 3 is 2.46 bits per heavy atom. The number of hydrazone groups is 1. The molecule has 0 radical (unpaired) electrons. The third-order valence-corrected chi connectivity index (χ3v) is 8.44. The minimum Gasteiger partial charge on any atom is -0.497 e. The number of carbonyl (C=O) groups is 2. The first-order chi connectivity index (χ1) is 19.9. The molecule has 0 atom stereocenters. The summed E-state index contributed by atoms with van der Waals surface area (Å²) in [5.74, 6) is 0.504. The van der Waals surface area contributed by atoms with Gasteiger partial charge in [-0.3, -0.25) is 14.2 Å². The molecule has 208 valence electrons. The topological polar surface area (TPSA) is 63.9 Å². The lowest BCUT2D eigenvalue weighted by Crippen LogP contribution is -2.35. The van der Waals surface area contributed by atoms with Crippen LogP contribution in [0.5, 0.6) is 5.75 Å². The van der Waals surface area contributed by atoms with Crippen molar-refractivity contribution in [2.75, 3.05) is 7.11 Å². The number of nitrogens with zero attached hydrogens (tertiary/aromatic N) is 3. The highest BCUT2D eigenvalue weighted by Crippen LogP contribution is 2.34. The summed E-state index contributed by atoms with van der Waals surface area (Å²) < 4.78 is 7.30. The van der Waals surface area contributed by atoms with Crippen molar-refractivity contribution in [3.05, 3.63) is 106 Å². The van der Waals surface area contributed by atoms with E-state index >= 15 is 0 Å². The van der Waals surface area contributed by atoms with E-state index in [0.717, 1.165) is 53.4 Å². The molecule has 1 aliphatic heterocycles. The van der Waals surface area contributed by atoms with Gasteiger partial charge in [0.25, 0.3) is 11.8 Å². The largest absolute Gasteiger partial charge is 0.497 e. The average Bonchev–Trinajstić information content (AvgIpc) is 3.46. The maximum atomic E-state index is 13.8. The van der Waals surface area contributed by atoms with E-state index in [0.29, 0.717) is 34.0 Å². The molecule has 6 nitrogen and oxygen atoms in total. The fraction of sp³-hybridized carbons (Fsp3) is 0.265. The number of amides is 1. The molecular formula is C34H32ClN3O3. The molecule has 0 spiro atoms. The number of hydrogen-bond acceptors (Lipinski definition) is 4. The quantitative estimate of drug-likeness (QED) is 0.228. The lowest BCUT2D eigenvalue weighted by atomic mass is 9.94. The number of rotatable bonds is 6. The Bertz CT molecular complexity index is 1680. The van der Waals surface area contributed by atoms with Crippen molar-refractivity contribution >= 4 is 46.1 Å². The number of ether oxygens (including phenoxy) is 1. The van der Waals surface area contributed by atoms with E-state index in [2.05, 4.69) is 0 Å². The third kappa shape index (κ3) is 5.20. The zero-order valence-electron chi connectivity index (χ0n) is 23.3. The predicted octanol–water partition coefficient (Wildman–Crippen LogP) is 7.46. The van der Waals surface area contributed by atoms with Gasteiger partial charge in [-0.2, -0.15) is 5.10 Å². The number of fused-ring (bicyclic) bond motifs is 1. The number of aromatic nitrogens is 1. The Morgan fingerprint density at radius 1 is 1.02 bits per heavy atom. The first kappa shape index (κ1) is 27.0. The highest BCUT2D eigenvalue weighted by molar-refractivity contribution is 6.30. The Kier molecular flexibility index (Phi) is 7.50. The van der Waals surface area contributed by atoms with Crippen LogP contribution in [0.4, 0.5) is 0 Å². The van der Waals surface area contributed by atoms with Crippen LogP contribution >= 0.6 is 11.6 Å². The van der Waals surface area contributed by atoms with Gasteiger partial charge in [0.1, 0.15) is 5.75 Å². The number of hydrogen-bond donors (Lipinski definition) is 0. The van der Waals surface area contributed by atoms with Gasteiger partial charge in [-0.25, -0.2) is 5.01 Å². The van der Waals surface area contributed by atoms with Crippen molar-refractivity contribution in [2.45, 2.75) is 51.5 Å². The van der Waals surface area contributed by atoms with Crippen molar-refractivity contribution in [2.24, 2.45) is 5.10 Å². The predicted molar refractivity (Wildman–Crippen MR) is 164 cm³/mol. The Morgan fingerprint density at radius 2 is 1.76 bits per heavy atom. The fourth-order valence-electron chi connectivity index (χ4n) is 6.00. The molecule has 0 bridgehead atoms. The second-order valence-electron chi connectivity index (χ2n) is 10.7. The lowest BCUT2D eigenvalue weighted by molar-refractivity contribution is -0.128. The highest BCUT2D eigenvalue weighted by atomic mass is 35.5. The molecule has 0 saturated heterocycles. The summed E-state index contributed by atoms with van der Waals surface area (Å²) >= 11 is 6.09. The summed E-state index contributed by atoms with van der Waals surface area (Å²) in [5.41, 5.74) is 5.34. The molecule has 1 aliphatic carbocycles. The maximum Gasteiger partial charge on any atom is 0.276 e. The average molecular weight is 566 g/mol. The molecule has 4 aromatic rings. The van der Waals surface area contributed by atoms with Gasteiger partial charge in [-0.05, 0) is 79.4 Å². The van der Waals surface area contributed by atoms with Crippen LogP contribution in [0.2, 0.25) is 5.02 Å². The first-order valence-electron chi connectivity index (χ1n) is 14.1. The molecule has 0 N–H and O–H groups in total. The van der Waals surface area contributed by atoms with Gasteiger partial charge >= 0.3 is 0 Å². The van der Waals surface area contributed by atoms with Crippen LogP contribution in [0, 0.1) is 6.92 Å². The smallest absolute Gasteiger partial charge is 0.276 e. The molecule has 1 aromatic heterocycles. The molecule has 6 rings (SSSR count). The van der Waals surface area contributed by atoms with Gasteiger partial charge in [0.2, 0.25) is 0 Å². The second-order valence-corrected chi connectivity index (χ2v) is 11.2. The summed E-state index contributed by atoms with van der Waals surface area (Å²) in [4.78, 5) is 27.6. The zero-order chi connectivity index (χ0) is 28.5. The first-order valence-corrected chi connectivity index (χ1v) is 14.5. The van der Waals surface area contributed by atoms with Crippen LogP contribution in [-0.2, 0) is 11.2 Å². The molecular weight excluding hydrogens is 534 g/mol. The Balaban J connectivity index is 1.47. The van der Waals surface area contributed by atoms with E-state index in [1.165, 1.54) is 6.42 Å². The standard InChI is InChI=1S/C34H32ClN3O3/c1-22-28(29-20-27(41-2)17-18-32(29)37(22)33(39)24-13-15-25(35)16-14-24)21-31-30(19-23-9-5-3-6-10-23)34(40)38(36-31)26-11-7-4-8-12-26/h3,5-6,9-10,13-20,26H,4,7-8,11-12,21H2,1-2H3/b30-19+. The summed E-state index contributed by atoms with van der Waals surface area (Å²) in [6.45, 7) is 1.95. The lowest BCUT2D eigenvalue weighted by Gasteiger charge is -2.27. The van der Waals surface area contributed by atoms with Crippen LogP contribution in [0.15, 0.2) is 83.5 Å². The molecule has 41 heavy (non-hydrogen) atoms. The molecule has 7 heteroatoms. The number of methoxy groups -OCH3 is 1. The van der Waals surface area contributed by atoms with Crippen LogP contribution in [0.25, 0.3) is 17.0 Å². The monoisotopic (exact) mass is 565 g/mol. The van der Waals surface area contributed by atoms with Gasteiger partial charge in [-0.1, -0.05) is 61.2 Å². The number of carbonyl (C=O) groups excluding carboxylic acids is 2. The Hall–Kier alpha value is -4.16. The number of benzene rings is 3. The minimum absolute atomic E-state index is 0.0491. The van der Waals surface area contributed by atoms with Gasteiger partial charge in [0.05, 0.1) is 30.0 Å². The molecule has 2 aliphatic rings. The molecule has 2 heterocycles. The van der Waals surface area contributed by atoms with E-state index < -0.39 is 0 Å². The molecule has 0 unspecified atom stereocenters. The summed E-state index contributed by atoms with van der Waals surface area (Å²) in [6.07, 6.45) is 7.69. The van der Waals surface area contributed by atoms with E-state index in [1.54, 1.807) is 41.0 Å². The fourth-order valence-corrected chi connectivity index (χ4v) is 6.13. The van der Waals surface area contributed by atoms with Crippen LogP contribution in [-0.4, -0.2) is 40.3 Å². The van der Waals surface area contributed by atoms with Crippen LogP contribution in [0.1, 0.15) is 59.3 Å². The summed E-state index contributed by atoms with van der Waals surface area (Å²) in [5, 5.41) is 8.16. The van der Waals surface area contributed by atoms with Crippen molar-refractivity contribution < 1.29 is 14.3 Å². The van der Waals surface area contributed by atoms with Crippen LogP contribution in [0.3, 0.4) is 0 Å². The van der Waals surface area contributed by atoms with Crippen molar-refractivity contribution in [1.29, 1.82) is 0 Å². The van der Waals surface area contributed by atoms with E-state index in [4.69, 9.17) is 21.4 Å². The van der Waals surface area contributed by atoms with E-state index in [1.807, 2.05) is 61.5 Å². The second kappa shape index (κ2) is 11.4.